The number of nitrogens with zero attached hydrogens (tertiary/aromatic N) is 1. The van der Waals surface area contributed by atoms with Crippen LogP contribution in [0.1, 0.15) is 12.5 Å². The van der Waals surface area contributed by atoms with Crippen LogP contribution >= 0.6 is 0 Å². The summed E-state index contributed by atoms with van der Waals surface area (Å²) in [4.78, 5) is 16.6. The van der Waals surface area contributed by atoms with E-state index in [0.29, 0.717) is 28.8 Å². The number of ether oxygens (including phenoxy) is 1. The summed E-state index contributed by atoms with van der Waals surface area (Å²) in [6.45, 7) is 4.37. The summed E-state index contributed by atoms with van der Waals surface area (Å²) in [5.41, 5.74) is 1.92. The van der Waals surface area contributed by atoms with E-state index in [1.165, 1.54) is 0 Å². The van der Waals surface area contributed by atoms with Crippen LogP contribution in [0, 0.1) is 6.92 Å². The molecular weight excluding hydrogens is 266 g/mol. The lowest BCUT2D eigenvalue weighted by atomic mass is 10.1. The fraction of sp³-hybridized carbons (Fsp3) is 0.176. The highest BCUT2D eigenvalue weighted by Gasteiger charge is 2.12. The summed E-state index contributed by atoms with van der Waals surface area (Å²) < 4.78 is 10.9. The average Bonchev–Trinajstić information content (AvgIpc) is 2.49. The van der Waals surface area contributed by atoms with Crippen molar-refractivity contribution in [1.29, 1.82) is 0 Å². The third-order valence-electron chi connectivity index (χ3n) is 3.20. The van der Waals surface area contributed by atoms with Crippen molar-refractivity contribution in [1.82, 2.24) is 4.98 Å². The number of fused-ring (bicyclic) bond motifs is 1. The lowest BCUT2D eigenvalue weighted by Gasteiger charge is -2.08. The topological polar surface area (TPSA) is 52.3 Å². The normalized spacial score (nSPS) is 10.8. The Hall–Kier alpha value is -2.62. The van der Waals surface area contributed by atoms with Crippen molar-refractivity contribution in [2.24, 2.45) is 0 Å². The van der Waals surface area contributed by atoms with Gasteiger partial charge in [-0.2, -0.15) is 0 Å². The molecule has 4 heteroatoms. The van der Waals surface area contributed by atoms with Gasteiger partial charge in [0.1, 0.15) is 5.75 Å². The standard InChI is InChI=1S/C17H15NO3/c1-3-20-15-7-5-4-6-12(15)16-18-14-9-8-11(2)10-13(14)17(19)21-16/h4-10H,3H2,1-2H3. The first kappa shape index (κ1) is 13.4. The maximum atomic E-state index is 12.1. The highest BCUT2D eigenvalue weighted by molar-refractivity contribution is 5.79. The molecule has 0 saturated heterocycles. The lowest BCUT2D eigenvalue weighted by Crippen LogP contribution is -2.04. The monoisotopic (exact) mass is 281 g/mol. The molecule has 1 aromatic heterocycles. The molecule has 0 amide bonds. The maximum absolute atomic E-state index is 12.1. The molecule has 0 N–H and O–H groups in total. The van der Waals surface area contributed by atoms with Gasteiger partial charge in [0, 0.05) is 0 Å². The van der Waals surface area contributed by atoms with Crippen LogP contribution < -0.4 is 10.4 Å². The van der Waals surface area contributed by atoms with Gasteiger partial charge in [0.25, 0.3) is 0 Å². The van der Waals surface area contributed by atoms with E-state index in [1.54, 1.807) is 6.07 Å². The zero-order valence-corrected chi connectivity index (χ0v) is 11.9. The summed E-state index contributed by atoms with van der Waals surface area (Å²) in [5.74, 6) is 0.933. The van der Waals surface area contributed by atoms with Crippen molar-refractivity contribution in [3.63, 3.8) is 0 Å². The summed E-state index contributed by atoms with van der Waals surface area (Å²) in [7, 11) is 0. The molecule has 0 spiro atoms. The Morgan fingerprint density at radius 3 is 2.81 bits per heavy atom. The second kappa shape index (κ2) is 5.40. The molecule has 2 aromatic carbocycles. The first-order valence-electron chi connectivity index (χ1n) is 6.82. The van der Waals surface area contributed by atoms with Crippen LogP contribution in [0.2, 0.25) is 0 Å². The van der Waals surface area contributed by atoms with Gasteiger partial charge >= 0.3 is 5.63 Å². The molecule has 0 saturated carbocycles. The van der Waals surface area contributed by atoms with Crippen molar-refractivity contribution in [3.8, 4) is 17.2 Å². The third-order valence-corrected chi connectivity index (χ3v) is 3.20. The van der Waals surface area contributed by atoms with Gasteiger partial charge < -0.3 is 9.15 Å². The van der Waals surface area contributed by atoms with Gasteiger partial charge in [0.2, 0.25) is 5.89 Å². The molecule has 21 heavy (non-hydrogen) atoms. The van der Waals surface area contributed by atoms with E-state index in [4.69, 9.17) is 9.15 Å². The number of benzene rings is 2. The van der Waals surface area contributed by atoms with Gasteiger partial charge in [-0.3, -0.25) is 0 Å². The molecule has 0 radical (unpaired) electrons. The average molecular weight is 281 g/mol. The minimum atomic E-state index is -0.384. The van der Waals surface area contributed by atoms with Gasteiger partial charge in [0.05, 0.1) is 23.1 Å². The minimum Gasteiger partial charge on any atom is -0.493 e. The molecule has 0 aliphatic rings. The molecule has 0 aliphatic carbocycles. The highest BCUT2D eigenvalue weighted by atomic mass is 16.5. The molecule has 3 aromatic rings. The number of aromatic nitrogens is 1. The number of hydrogen-bond donors (Lipinski definition) is 0. The number of hydrogen-bond acceptors (Lipinski definition) is 4. The quantitative estimate of drug-likeness (QED) is 0.736. The fourth-order valence-electron chi connectivity index (χ4n) is 2.23. The van der Waals surface area contributed by atoms with E-state index >= 15 is 0 Å². The molecule has 0 atom stereocenters. The maximum Gasteiger partial charge on any atom is 0.347 e. The molecular formula is C17H15NO3. The molecule has 3 rings (SSSR count). The Labute approximate surface area is 122 Å². The first-order valence-corrected chi connectivity index (χ1v) is 6.82. The Kier molecular flexibility index (Phi) is 3.44. The van der Waals surface area contributed by atoms with Crippen molar-refractivity contribution in [3.05, 3.63) is 58.4 Å². The summed E-state index contributed by atoms with van der Waals surface area (Å²) in [5, 5.41) is 0.493. The molecule has 106 valence electrons. The number of rotatable bonds is 3. The van der Waals surface area contributed by atoms with Gasteiger partial charge in [-0.1, -0.05) is 23.8 Å². The van der Waals surface area contributed by atoms with Crippen molar-refractivity contribution < 1.29 is 9.15 Å². The van der Waals surface area contributed by atoms with Crippen molar-refractivity contribution in [2.75, 3.05) is 6.61 Å². The smallest absolute Gasteiger partial charge is 0.347 e. The first-order chi connectivity index (χ1) is 10.2. The Bertz CT molecular complexity index is 852. The van der Waals surface area contributed by atoms with Crippen LogP contribution in [0.4, 0.5) is 0 Å². The van der Waals surface area contributed by atoms with E-state index in [2.05, 4.69) is 4.98 Å². The molecule has 0 bridgehead atoms. The lowest BCUT2D eigenvalue weighted by molar-refractivity contribution is 0.340. The Morgan fingerprint density at radius 2 is 2.00 bits per heavy atom. The van der Waals surface area contributed by atoms with E-state index in [0.717, 1.165) is 5.56 Å². The highest BCUT2D eigenvalue weighted by Crippen LogP contribution is 2.28. The van der Waals surface area contributed by atoms with Gasteiger partial charge in [0.15, 0.2) is 0 Å². The second-order valence-electron chi connectivity index (χ2n) is 4.76. The van der Waals surface area contributed by atoms with Gasteiger partial charge in [-0.15, -0.1) is 0 Å². The van der Waals surface area contributed by atoms with Crippen LogP contribution in [0.25, 0.3) is 22.4 Å². The van der Waals surface area contributed by atoms with Crippen LogP contribution in [-0.4, -0.2) is 11.6 Å². The Balaban J connectivity index is 2.22. The van der Waals surface area contributed by atoms with E-state index < -0.39 is 0 Å². The van der Waals surface area contributed by atoms with Crippen LogP contribution in [-0.2, 0) is 0 Å². The van der Waals surface area contributed by atoms with Crippen molar-refractivity contribution in [2.45, 2.75) is 13.8 Å². The molecule has 0 aliphatic heterocycles. The zero-order valence-electron chi connectivity index (χ0n) is 11.9. The van der Waals surface area contributed by atoms with E-state index in [-0.39, 0.29) is 11.5 Å². The third kappa shape index (κ3) is 2.52. The zero-order chi connectivity index (χ0) is 14.8. The summed E-state index contributed by atoms with van der Waals surface area (Å²) >= 11 is 0. The van der Waals surface area contributed by atoms with Gasteiger partial charge in [-0.05, 0) is 38.1 Å². The van der Waals surface area contributed by atoms with Crippen LogP contribution in [0.3, 0.4) is 0 Å². The molecule has 0 unspecified atom stereocenters. The number of para-hydroxylation sites is 1. The predicted octanol–water partition coefficient (Wildman–Crippen LogP) is 3.56. The van der Waals surface area contributed by atoms with E-state index in [1.807, 2.05) is 50.2 Å². The summed E-state index contributed by atoms with van der Waals surface area (Å²) in [6.07, 6.45) is 0. The second-order valence-corrected chi connectivity index (χ2v) is 4.76. The van der Waals surface area contributed by atoms with Crippen LogP contribution in [0.5, 0.6) is 5.75 Å². The number of aryl methyl sites for hydroxylation is 1. The van der Waals surface area contributed by atoms with Gasteiger partial charge in [-0.25, -0.2) is 9.78 Å². The van der Waals surface area contributed by atoms with Crippen LogP contribution in [0.15, 0.2) is 51.7 Å². The van der Waals surface area contributed by atoms with Crippen molar-refractivity contribution >= 4 is 10.9 Å². The SMILES string of the molecule is CCOc1ccccc1-c1nc2ccc(C)cc2c(=O)o1. The molecule has 0 fully saturated rings. The Morgan fingerprint density at radius 1 is 1.19 bits per heavy atom. The predicted molar refractivity (Wildman–Crippen MR) is 81.6 cm³/mol. The molecule has 1 heterocycles. The minimum absolute atomic E-state index is 0.278. The largest absolute Gasteiger partial charge is 0.493 e. The molecule has 4 nitrogen and oxygen atoms in total. The van der Waals surface area contributed by atoms with E-state index in [9.17, 15) is 4.79 Å². The fourth-order valence-corrected chi connectivity index (χ4v) is 2.23. The summed E-state index contributed by atoms with van der Waals surface area (Å²) in [6, 6.07) is 12.9.